The van der Waals surface area contributed by atoms with Crippen molar-refractivity contribution >= 4 is 5.95 Å². The molecular formula is C11H18N4O2. The van der Waals surface area contributed by atoms with Crippen molar-refractivity contribution in [2.24, 2.45) is 0 Å². The van der Waals surface area contributed by atoms with Gasteiger partial charge in [-0.1, -0.05) is 6.08 Å². The Balaban J connectivity index is 2.62. The van der Waals surface area contributed by atoms with Gasteiger partial charge in [0.25, 0.3) is 0 Å². The van der Waals surface area contributed by atoms with Gasteiger partial charge in [0.2, 0.25) is 5.95 Å². The van der Waals surface area contributed by atoms with Crippen LogP contribution in [0.4, 0.5) is 5.95 Å². The van der Waals surface area contributed by atoms with Crippen LogP contribution in [0.5, 0.6) is 12.0 Å². The van der Waals surface area contributed by atoms with Crippen molar-refractivity contribution in [1.82, 2.24) is 15.0 Å². The molecule has 94 valence electrons. The van der Waals surface area contributed by atoms with Crippen molar-refractivity contribution < 1.29 is 9.47 Å². The summed E-state index contributed by atoms with van der Waals surface area (Å²) in [6, 6.07) is 0.544. The summed E-state index contributed by atoms with van der Waals surface area (Å²) < 4.78 is 10.6. The van der Waals surface area contributed by atoms with Crippen molar-refractivity contribution in [2.45, 2.75) is 19.8 Å². The molecule has 0 amide bonds. The molecule has 0 aliphatic rings. The molecule has 1 aromatic rings. The number of nitrogens with one attached hydrogen (secondary N) is 1. The van der Waals surface area contributed by atoms with Gasteiger partial charge in [-0.2, -0.15) is 9.97 Å². The van der Waals surface area contributed by atoms with Crippen LogP contribution in [0, 0.1) is 0 Å². The summed E-state index contributed by atoms with van der Waals surface area (Å²) in [5.74, 6) is 0.433. The van der Waals surface area contributed by atoms with E-state index in [1.54, 1.807) is 7.05 Å². The van der Waals surface area contributed by atoms with Crippen LogP contribution >= 0.6 is 0 Å². The first-order valence-corrected chi connectivity index (χ1v) is 5.60. The van der Waals surface area contributed by atoms with Crippen LogP contribution in [-0.2, 0) is 0 Å². The minimum atomic E-state index is 0.269. The van der Waals surface area contributed by atoms with E-state index in [1.807, 2.05) is 13.0 Å². The first kappa shape index (κ1) is 13.2. The highest BCUT2D eigenvalue weighted by atomic mass is 16.5. The Morgan fingerprint density at radius 3 is 2.53 bits per heavy atom. The average Bonchev–Trinajstić information content (AvgIpc) is 2.35. The van der Waals surface area contributed by atoms with E-state index in [0.29, 0.717) is 19.2 Å². The lowest BCUT2D eigenvalue weighted by Crippen LogP contribution is -2.07. The minimum absolute atomic E-state index is 0.269. The second-order valence-corrected chi connectivity index (χ2v) is 3.19. The molecule has 1 N–H and O–H groups in total. The maximum atomic E-state index is 5.41. The van der Waals surface area contributed by atoms with Gasteiger partial charge in [-0.25, -0.2) is 0 Å². The molecule has 0 atom stereocenters. The van der Waals surface area contributed by atoms with Crippen LogP contribution in [0.15, 0.2) is 12.7 Å². The second kappa shape index (κ2) is 7.43. The quantitative estimate of drug-likeness (QED) is 0.548. The van der Waals surface area contributed by atoms with Gasteiger partial charge in [0.05, 0.1) is 13.2 Å². The van der Waals surface area contributed by atoms with Crippen LogP contribution in [0.3, 0.4) is 0 Å². The Morgan fingerprint density at radius 1 is 1.24 bits per heavy atom. The SMILES string of the molecule is C=CCCCOc1nc(NC)nc(OCC)n1. The number of hydrogen-bond donors (Lipinski definition) is 1. The molecule has 0 saturated carbocycles. The summed E-state index contributed by atoms with van der Waals surface area (Å²) in [7, 11) is 1.73. The molecule has 1 aromatic heterocycles. The van der Waals surface area contributed by atoms with E-state index in [0.717, 1.165) is 12.8 Å². The van der Waals surface area contributed by atoms with Crippen LogP contribution in [0.1, 0.15) is 19.8 Å². The molecule has 0 fully saturated rings. The summed E-state index contributed by atoms with van der Waals surface area (Å²) in [6.07, 6.45) is 3.64. The molecular weight excluding hydrogens is 220 g/mol. The third-order valence-corrected chi connectivity index (χ3v) is 1.88. The highest BCUT2D eigenvalue weighted by Gasteiger charge is 2.06. The molecule has 17 heavy (non-hydrogen) atoms. The van der Waals surface area contributed by atoms with Crippen molar-refractivity contribution in [3.05, 3.63) is 12.7 Å². The normalized spacial score (nSPS) is 9.76. The fourth-order valence-electron chi connectivity index (χ4n) is 1.10. The molecule has 0 saturated heterocycles. The lowest BCUT2D eigenvalue weighted by Gasteiger charge is -2.07. The molecule has 0 spiro atoms. The van der Waals surface area contributed by atoms with Crippen LogP contribution in [-0.4, -0.2) is 35.2 Å². The van der Waals surface area contributed by atoms with Crippen molar-refractivity contribution in [3.8, 4) is 12.0 Å². The van der Waals surface area contributed by atoms with E-state index in [1.165, 1.54) is 0 Å². The molecule has 0 aromatic carbocycles. The second-order valence-electron chi connectivity index (χ2n) is 3.19. The number of allylic oxidation sites excluding steroid dienone is 1. The van der Waals surface area contributed by atoms with Gasteiger partial charge in [-0.3, -0.25) is 0 Å². The Kier molecular flexibility index (Phi) is 5.77. The van der Waals surface area contributed by atoms with E-state index >= 15 is 0 Å². The summed E-state index contributed by atoms with van der Waals surface area (Å²) >= 11 is 0. The zero-order valence-corrected chi connectivity index (χ0v) is 10.3. The molecule has 1 heterocycles. The standard InChI is InChI=1S/C11H18N4O2/c1-4-6-7-8-17-11-14-9(12-3)13-10(15-11)16-5-2/h4H,1,5-8H2,2-3H3,(H,12,13,14,15). The van der Waals surface area contributed by atoms with Crippen LogP contribution in [0.2, 0.25) is 0 Å². The first-order valence-electron chi connectivity index (χ1n) is 5.60. The molecule has 0 bridgehead atoms. The zero-order chi connectivity index (χ0) is 12.5. The molecule has 6 nitrogen and oxygen atoms in total. The van der Waals surface area contributed by atoms with E-state index < -0.39 is 0 Å². The monoisotopic (exact) mass is 238 g/mol. The number of aromatic nitrogens is 3. The Labute approximate surface area is 101 Å². The summed E-state index contributed by atoms with van der Waals surface area (Å²) in [5, 5.41) is 2.83. The Bertz CT molecular complexity index is 357. The van der Waals surface area contributed by atoms with Gasteiger partial charge in [0.1, 0.15) is 0 Å². The van der Waals surface area contributed by atoms with Crippen molar-refractivity contribution in [1.29, 1.82) is 0 Å². The Morgan fingerprint density at radius 2 is 1.94 bits per heavy atom. The van der Waals surface area contributed by atoms with Gasteiger partial charge >= 0.3 is 12.0 Å². The van der Waals surface area contributed by atoms with Crippen molar-refractivity contribution in [3.63, 3.8) is 0 Å². The summed E-state index contributed by atoms with van der Waals surface area (Å²) in [5.41, 5.74) is 0. The van der Waals surface area contributed by atoms with Gasteiger partial charge in [-0.15, -0.1) is 11.6 Å². The summed E-state index contributed by atoms with van der Waals surface area (Å²) in [6.45, 7) is 6.56. The van der Waals surface area contributed by atoms with E-state index in [4.69, 9.17) is 9.47 Å². The first-order chi connectivity index (χ1) is 8.30. The van der Waals surface area contributed by atoms with E-state index in [9.17, 15) is 0 Å². The number of hydrogen-bond acceptors (Lipinski definition) is 6. The average molecular weight is 238 g/mol. The highest BCUT2D eigenvalue weighted by molar-refractivity contribution is 5.26. The Hall–Kier alpha value is -1.85. The van der Waals surface area contributed by atoms with Gasteiger partial charge in [-0.05, 0) is 19.8 Å². The van der Waals surface area contributed by atoms with Crippen molar-refractivity contribution in [2.75, 3.05) is 25.6 Å². The molecule has 0 unspecified atom stereocenters. The number of rotatable bonds is 8. The molecule has 6 heteroatoms. The number of ether oxygens (including phenoxy) is 2. The third-order valence-electron chi connectivity index (χ3n) is 1.88. The minimum Gasteiger partial charge on any atom is -0.464 e. The van der Waals surface area contributed by atoms with E-state index in [-0.39, 0.29) is 12.0 Å². The smallest absolute Gasteiger partial charge is 0.324 e. The predicted molar refractivity (Wildman–Crippen MR) is 65.5 cm³/mol. The molecule has 1 rings (SSSR count). The highest BCUT2D eigenvalue weighted by Crippen LogP contribution is 2.12. The largest absolute Gasteiger partial charge is 0.464 e. The lowest BCUT2D eigenvalue weighted by atomic mass is 10.3. The van der Waals surface area contributed by atoms with Gasteiger partial charge in [0.15, 0.2) is 0 Å². The maximum Gasteiger partial charge on any atom is 0.324 e. The number of anilines is 1. The fraction of sp³-hybridized carbons (Fsp3) is 0.545. The third kappa shape index (κ3) is 4.67. The maximum absolute atomic E-state index is 5.41. The molecule has 0 aliphatic carbocycles. The fourth-order valence-corrected chi connectivity index (χ4v) is 1.10. The topological polar surface area (TPSA) is 69.2 Å². The number of nitrogens with zero attached hydrogens (tertiary/aromatic N) is 3. The van der Waals surface area contributed by atoms with Crippen LogP contribution < -0.4 is 14.8 Å². The van der Waals surface area contributed by atoms with Gasteiger partial charge < -0.3 is 14.8 Å². The molecule has 0 radical (unpaired) electrons. The van der Waals surface area contributed by atoms with Gasteiger partial charge in [0, 0.05) is 7.05 Å². The van der Waals surface area contributed by atoms with E-state index in [2.05, 4.69) is 26.8 Å². The predicted octanol–water partition coefficient (Wildman–Crippen LogP) is 1.66. The molecule has 0 aliphatic heterocycles. The lowest BCUT2D eigenvalue weighted by molar-refractivity contribution is 0.267. The zero-order valence-electron chi connectivity index (χ0n) is 10.3. The number of unbranched alkanes of at least 4 members (excludes halogenated alkanes) is 1. The summed E-state index contributed by atoms with van der Waals surface area (Å²) in [4.78, 5) is 12.1. The van der Waals surface area contributed by atoms with Crippen LogP contribution in [0.25, 0.3) is 0 Å².